The van der Waals surface area contributed by atoms with Crippen molar-refractivity contribution in [3.05, 3.63) is 22.8 Å². The highest BCUT2D eigenvalue weighted by Crippen LogP contribution is 2.22. The van der Waals surface area contributed by atoms with E-state index in [-0.39, 0.29) is 0 Å². The molecule has 1 aromatic rings. The van der Waals surface area contributed by atoms with Gasteiger partial charge in [-0.3, -0.25) is 0 Å². The van der Waals surface area contributed by atoms with Crippen molar-refractivity contribution >= 4 is 0 Å². The van der Waals surface area contributed by atoms with Crippen LogP contribution in [0.3, 0.4) is 0 Å². The fourth-order valence-corrected chi connectivity index (χ4v) is 2.81. The third kappa shape index (κ3) is 3.55. The zero-order valence-electron chi connectivity index (χ0n) is 13.4. The topological polar surface area (TPSA) is 41.1 Å². The van der Waals surface area contributed by atoms with Gasteiger partial charge in [0.05, 0.1) is 11.4 Å². The molecule has 4 heteroatoms. The van der Waals surface area contributed by atoms with E-state index < -0.39 is 0 Å². The number of aromatic nitrogens is 2. The molecule has 0 radical (unpaired) electrons. The normalized spacial score (nSPS) is 14.9. The Morgan fingerprint density at radius 1 is 1.20 bits per heavy atom. The van der Waals surface area contributed by atoms with Crippen molar-refractivity contribution in [2.75, 3.05) is 26.2 Å². The number of rotatable bonds is 6. The lowest BCUT2D eigenvalue weighted by atomic mass is 9.98. The van der Waals surface area contributed by atoms with Crippen molar-refractivity contribution in [1.29, 1.82) is 0 Å². The Hall–Kier alpha value is -1.00. The molecule has 0 unspecified atom stereocenters. The molecule has 0 spiro atoms. The third-order valence-electron chi connectivity index (χ3n) is 4.10. The van der Waals surface area contributed by atoms with Crippen LogP contribution in [0.15, 0.2) is 0 Å². The van der Waals surface area contributed by atoms with Crippen LogP contribution in [0, 0.1) is 0 Å². The molecule has 0 aliphatic carbocycles. The van der Waals surface area contributed by atoms with Crippen molar-refractivity contribution < 1.29 is 0 Å². The SMILES string of the molecule is CCN(CC)CCc1nc2c(c(C(C)C)n1)CNCC2. The average molecular weight is 276 g/mol. The summed E-state index contributed by atoms with van der Waals surface area (Å²) in [6, 6.07) is 0. The maximum atomic E-state index is 4.85. The van der Waals surface area contributed by atoms with E-state index in [0.29, 0.717) is 5.92 Å². The Kier molecular flexibility index (Phi) is 5.49. The van der Waals surface area contributed by atoms with Gasteiger partial charge in [-0.15, -0.1) is 0 Å². The highest BCUT2D eigenvalue weighted by atomic mass is 15.1. The van der Waals surface area contributed by atoms with Gasteiger partial charge in [-0.25, -0.2) is 9.97 Å². The molecule has 1 N–H and O–H groups in total. The van der Waals surface area contributed by atoms with E-state index in [9.17, 15) is 0 Å². The molecule has 1 aliphatic heterocycles. The molecular weight excluding hydrogens is 248 g/mol. The molecule has 0 fully saturated rings. The standard InChI is InChI=1S/C16H28N4/c1-5-20(6-2)10-8-15-18-14-7-9-17-11-13(14)16(19-15)12(3)4/h12,17H,5-11H2,1-4H3. The average Bonchev–Trinajstić information content (AvgIpc) is 2.47. The lowest BCUT2D eigenvalue weighted by Crippen LogP contribution is -2.29. The van der Waals surface area contributed by atoms with Crippen LogP contribution in [0.2, 0.25) is 0 Å². The molecule has 2 rings (SSSR count). The monoisotopic (exact) mass is 276 g/mol. The minimum atomic E-state index is 0.471. The molecule has 1 aromatic heterocycles. The fraction of sp³-hybridized carbons (Fsp3) is 0.750. The second kappa shape index (κ2) is 7.14. The van der Waals surface area contributed by atoms with Gasteiger partial charge >= 0.3 is 0 Å². The highest BCUT2D eigenvalue weighted by molar-refractivity contribution is 5.30. The first-order chi connectivity index (χ1) is 9.65. The van der Waals surface area contributed by atoms with E-state index >= 15 is 0 Å². The van der Waals surface area contributed by atoms with E-state index in [1.807, 2.05) is 0 Å². The van der Waals surface area contributed by atoms with E-state index in [1.165, 1.54) is 17.0 Å². The molecule has 4 nitrogen and oxygen atoms in total. The van der Waals surface area contributed by atoms with Crippen LogP contribution in [0.25, 0.3) is 0 Å². The van der Waals surface area contributed by atoms with Gasteiger partial charge in [0.2, 0.25) is 0 Å². The first kappa shape index (κ1) is 15.4. The first-order valence-corrected chi connectivity index (χ1v) is 7.97. The fourth-order valence-electron chi connectivity index (χ4n) is 2.81. The van der Waals surface area contributed by atoms with Gasteiger partial charge in [-0.05, 0) is 19.0 Å². The van der Waals surface area contributed by atoms with Crippen LogP contribution >= 0.6 is 0 Å². The van der Waals surface area contributed by atoms with E-state index in [4.69, 9.17) is 9.97 Å². The zero-order chi connectivity index (χ0) is 14.5. The molecule has 1 aliphatic rings. The third-order valence-corrected chi connectivity index (χ3v) is 4.10. The van der Waals surface area contributed by atoms with Crippen molar-refractivity contribution in [2.45, 2.75) is 53.0 Å². The number of nitrogens with zero attached hydrogens (tertiary/aromatic N) is 3. The summed E-state index contributed by atoms with van der Waals surface area (Å²) in [5, 5.41) is 3.44. The lowest BCUT2D eigenvalue weighted by Gasteiger charge is -2.23. The highest BCUT2D eigenvalue weighted by Gasteiger charge is 2.19. The summed E-state index contributed by atoms with van der Waals surface area (Å²) < 4.78 is 0. The van der Waals surface area contributed by atoms with Gasteiger partial charge in [-0.2, -0.15) is 0 Å². The largest absolute Gasteiger partial charge is 0.312 e. The Morgan fingerprint density at radius 3 is 2.60 bits per heavy atom. The Morgan fingerprint density at radius 2 is 1.95 bits per heavy atom. The van der Waals surface area contributed by atoms with Crippen molar-refractivity contribution in [1.82, 2.24) is 20.2 Å². The molecule has 0 saturated carbocycles. The van der Waals surface area contributed by atoms with E-state index in [1.54, 1.807) is 0 Å². The second-order valence-corrected chi connectivity index (χ2v) is 5.81. The summed E-state index contributed by atoms with van der Waals surface area (Å²) in [4.78, 5) is 12.1. The van der Waals surface area contributed by atoms with Crippen LogP contribution in [0.1, 0.15) is 56.4 Å². The number of hydrogen-bond donors (Lipinski definition) is 1. The summed E-state index contributed by atoms with van der Waals surface area (Å²) in [6.07, 6.45) is 2.00. The van der Waals surface area contributed by atoms with Gasteiger partial charge in [0, 0.05) is 38.0 Å². The van der Waals surface area contributed by atoms with Gasteiger partial charge < -0.3 is 10.2 Å². The van der Waals surface area contributed by atoms with Gasteiger partial charge in [0.25, 0.3) is 0 Å². The summed E-state index contributed by atoms with van der Waals surface area (Å²) in [7, 11) is 0. The summed E-state index contributed by atoms with van der Waals surface area (Å²) in [5.74, 6) is 1.50. The Labute approximate surface area is 123 Å². The molecule has 20 heavy (non-hydrogen) atoms. The molecule has 0 aromatic carbocycles. The summed E-state index contributed by atoms with van der Waals surface area (Å²) >= 11 is 0. The molecule has 0 saturated heterocycles. The number of nitrogens with one attached hydrogen (secondary N) is 1. The Balaban J connectivity index is 2.19. The molecule has 112 valence electrons. The van der Waals surface area contributed by atoms with Crippen molar-refractivity contribution in [3.8, 4) is 0 Å². The smallest absolute Gasteiger partial charge is 0.130 e. The van der Waals surface area contributed by atoms with E-state index in [0.717, 1.165) is 51.4 Å². The predicted octanol–water partition coefficient (Wildman–Crippen LogP) is 2.13. The first-order valence-electron chi connectivity index (χ1n) is 7.97. The molecule has 2 heterocycles. The maximum Gasteiger partial charge on any atom is 0.130 e. The van der Waals surface area contributed by atoms with Crippen LogP contribution in [-0.2, 0) is 19.4 Å². The van der Waals surface area contributed by atoms with Crippen molar-refractivity contribution in [3.63, 3.8) is 0 Å². The number of fused-ring (bicyclic) bond motifs is 1. The van der Waals surface area contributed by atoms with Crippen LogP contribution in [-0.4, -0.2) is 41.0 Å². The number of hydrogen-bond acceptors (Lipinski definition) is 4. The van der Waals surface area contributed by atoms with Crippen LogP contribution in [0.4, 0.5) is 0 Å². The van der Waals surface area contributed by atoms with Gasteiger partial charge in [-0.1, -0.05) is 27.7 Å². The van der Waals surface area contributed by atoms with Crippen LogP contribution in [0.5, 0.6) is 0 Å². The predicted molar refractivity (Wildman–Crippen MR) is 83.0 cm³/mol. The maximum absolute atomic E-state index is 4.85. The summed E-state index contributed by atoms with van der Waals surface area (Å²) in [5.41, 5.74) is 3.87. The second-order valence-electron chi connectivity index (χ2n) is 5.81. The minimum absolute atomic E-state index is 0.471. The Bertz CT molecular complexity index is 438. The van der Waals surface area contributed by atoms with Crippen LogP contribution < -0.4 is 5.32 Å². The number of likely N-dealkylation sites (N-methyl/N-ethyl adjacent to an activating group) is 1. The van der Waals surface area contributed by atoms with Gasteiger partial charge in [0.15, 0.2) is 0 Å². The zero-order valence-corrected chi connectivity index (χ0v) is 13.4. The lowest BCUT2D eigenvalue weighted by molar-refractivity contribution is 0.305. The van der Waals surface area contributed by atoms with Gasteiger partial charge in [0.1, 0.15) is 5.82 Å². The molecule has 0 atom stereocenters. The van der Waals surface area contributed by atoms with E-state index in [2.05, 4.69) is 37.9 Å². The summed E-state index contributed by atoms with van der Waals surface area (Å²) in [6.45, 7) is 14.1. The minimum Gasteiger partial charge on any atom is -0.312 e. The molecular formula is C16H28N4. The quantitative estimate of drug-likeness (QED) is 0.864. The molecule has 0 bridgehead atoms. The molecule has 0 amide bonds. The van der Waals surface area contributed by atoms with Crippen molar-refractivity contribution in [2.24, 2.45) is 0 Å².